The van der Waals surface area contributed by atoms with Crippen molar-refractivity contribution in [2.45, 2.75) is 20.3 Å². The van der Waals surface area contributed by atoms with Gasteiger partial charge in [0.15, 0.2) is 0 Å². The number of hydrogen-bond donors (Lipinski definition) is 0. The van der Waals surface area contributed by atoms with Crippen LogP contribution in [0.25, 0.3) is 0 Å². The van der Waals surface area contributed by atoms with Crippen molar-refractivity contribution < 1.29 is 0 Å². The Hall–Kier alpha value is -0.780. The van der Waals surface area contributed by atoms with Gasteiger partial charge in [0.05, 0.1) is 0 Å². The van der Waals surface area contributed by atoms with Crippen LogP contribution in [0, 0.1) is 0 Å². The molecule has 0 spiro atoms. The molecule has 0 unspecified atom stereocenters. The molecule has 0 atom stereocenters. The smallest absolute Gasteiger partial charge is 0.00917 e. The highest BCUT2D eigenvalue weighted by molar-refractivity contribution is 5.38. The van der Waals surface area contributed by atoms with E-state index < -0.39 is 0 Å². The van der Waals surface area contributed by atoms with Gasteiger partial charge in [-0.25, -0.2) is 0 Å². The van der Waals surface area contributed by atoms with E-state index in [-0.39, 0.29) is 0 Å². The zero-order valence-electron chi connectivity index (χ0n) is 6.02. The maximum Gasteiger partial charge on any atom is -0.00917 e. The molecule has 0 aromatic rings. The minimum atomic E-state index is 1.12. The van der Waals surface area contributed by atoms with Crippen LogP contribution in [0.4, 0.5) is 0 Å². The van der Waals surface area contributed by atoms with E-state index in [0.717, 1.165) is 6.42 Å². The fourth-order valence-corrected chi connectivity index (χ4v) is 1.03. The molecule has 0 bridgehead atoms. The highest BCUT2D eigenvalue weighted by Gasteiger charge is 1.98. The average molecular weight is 120 g/mol. The Labute approximate surface area is 56.6 Å². The van der Waals surface area contributed by atoms with Crippen LogP contribution in [0.1, 0.15) is 20.3 Å². The van der Waals surface area contributed by atoms with Crippen LogP contribution in [0.3, 0.4) is 0 Å². The molecule has 48 valence electrons. The standard InChI is InChI=1S/C9H12/c1-3-5-9-7-4-6-8(9)2/h3-6H,7H2,1-2H3/b5-3-. The first kappa shape index (κ1) is 6.34. The highest BCUT2D eigenvalue weighted by Crippen LogP contribution is 2.18. The van der Waals surface area contributed by atoms with E-state index in [1.54, 1.807) is 0 Å². The lowest BCUT2D eigenvalue weighted by Crippen LogP contribution is -1.72. The zero-order chi connectivity index (χ0) is 6.69. The maximum absolute atomic E-state index is 2.20. The summed E-state index contributed by atoms with van der Waals surface area (Å²) in [7, 11) is 0. The second-order valence-electron chi connectivity index (χ2n) is 2.31. The first-order chi connectivity index (χ1) is 4.34. The molecule has 1 aliphatic rings. The first-order valence-electron chi connectivity index (χ1n) is 3.33. The second kappa shape index (κ2) is 2.67. The molecule has 1 rings (SSSR count). The van der Waals surface area contributed by atoms with Crippen LogP contribution in [0.5, 0.6) is 0 Å². The topological polar surface area (TPSA) is 0 Å². The van der Waals surface area contributed by atoms with Gasteiger partial charge in [0.1, 0.15) is 0 Å². The van der Waals surface area contributed by atoms with Crippen molar-refractivity contribution >= 4 is 0 Å². The van der Waals surface area contributed by atoms with Crippen LogP contribution < -0.4 is 0 Å². The van der Waals surface area contributed by atoms with Gasteiger partial charge in [0.25, 0.3) is 0 Å². The minimum absolute atomic E-state index is 1.12. The van der Waals surface area contributed by atoms with E-state index in [4.69, 9.17) is 0 Å². The third kappa shape index (κ3) is 1.32. The van der Waals surface area contributed by atoms with E-state index in [1.807, 2.05) is 0 Å². The average Bonchev–Trinajstić information content (AvgIpc) is 2.18. The normalized spacial score (nSPS) is 18.4. The monoisotopic (exact) mass is 120 g/mol. The van der Waals surface area contributed by atoms with Gasteiger partial charge in [0, 0.05) is 0 Å². The Morgan fingerprint density at radius 2 is 2.33 bits per heavy atom. The van der Waals surface area contributed by atoms with Crippen molar-refractivity contribution in [2.75, 3.05) is 0 Å². The highest BCUT2D eigenvalue weighted by atomic mass is 14.0. The van der Waals surface area contributed by atoms with Crippen LogP contribution in [-0.2, 0) is 0 Å². The Morgan fingerprint density at radius 1 is 1.56 bits per heavy atom. The third-order valence-corrected chi connectivity index (χ3v) is 1.58. The molecule has 0 fully saturated rings. The molecule has 0 aromatic carbocycles. The van der Waals surface area contributed by atoms with Gasteiger partial charge in [-0.1, -0.05) is 24.3 Å². The van der Waals surface area contributed by atoms with E-state index in [1.165, 1.54) is 11.1 Å². The molecule has 9 heavy (non-hydrogen) atoms. The third-order valence-electron chi connectivity index (χ3n) is 1.58. The van der Waals surface area contributed by atoms with Crippen LogP contribution in [0.2, 0.25) is 0 Å². The van der Waals surface area contributed by atoms with Crippen molar-refractivity contribution in [1.29, 1.82) is 0 Å². The van der Waals surface area contributed by atoms with Crippen molar-refractivity contribution in [1.82, 2.24) is 0 Å². The lowest BCUT2D eigenvalue weighted by Gasteiger charge is -1.92. The fourth-order valence-electron chi connectivity index (χ4n) is 1.03. The second-order valence-corrected chi connectivity index (χ2v) is 2.31. The summed E-state index contributed by atoms with van der Waals surface area (Å²) in [5.41, 5.74) is 2.87. The Morgan fingerprint density at radius 3 is 2.78 bits per heavy atom. The van der Waals surface area contributed by atoms with Gasteiger partial charge in [-0.05, 0) is 31.4 Å². The molecule has 0 heterocycles. The summed E-state index contributed by atoms with van der Waals surface area (Å²) in [6.45, 7) is 4.21. The molecular formula is C9H12. The zero-order valence-corrected chi connectivity index (χ0v) is 6.02. The van der Waals surface area contributed by atoms with Crippen molar-refractivity contribution in [3.8, 4) is 0 Å². The van der Waals surface area contributed by atoms with Gasteiger partial charge >= 0.3 is 0 Å². The molecule has 0 radical (unpaired) electrons. The number of hydrogen-bond acceptors (Lipinski definition) is 0. The van der Waals surface area contributed by atoms with Crippen LogP contribution in [-0.4, -0.2) is 0 Å². The van der Waals surface area contributed by atoms with E-state index in [9.17, 15) is 0 Å². The number of allylic oxidation sites excluding steroid dienone is 6. The summed E-state index contributed by atoms with van der Waals surface area (Å²) in [5, 5.41) is 0. The summed E-state index contributed by atoms with van der Waals surface area (Å²) >= 11 is 0. The molecule has 0 aliphatic heterocycles. The Bertz CT molecular complexity index is 180. The van der Waals surface area contributed by atoms with Crippen molar-refractivity contribution in [3.05, 3.63) is 35.5 Å². The molecule has 1 aliphatic carbocycles. The van der Waals surface area contributed by atoms with Gasteiger partial charge in [-0.3, -0.25) is 0 Å². The molecule has 0 N–H and O–H groups in total. The molecular weight excluding hydrogens is 108 g/mol. The van der Waals surface area contributed by atoms with Gasteiger partial charge in [-0.15, -0.1) is 0 Å². The van der Waals surface area contributed by atoms with Gasteiger partial charge in [-0.2, -0.15) is 0 Å². The fraction of sp³-hybridized carbons (Fsp3) is 0.333. The predicted octanol–water partition coefficient (Wildman–Crippen LogP) is 2.84. The molecule has 0 amide bonds. The van der Waals surface area contributed by atoms with Crippen LogP contribution in [0.15, 0.2) is 35.5 Å². The Balaban J connectivity index is 2.73. The van der Waals surface area contributed by atoms with E-state index in [2.05, 4.69) is 38.2 Å². The predicted molar refractivity (Wildman–Crippen MR) is 41.3 cm³/mol. The lowest BCUT2D eigenvalue weighted by molar-refractivity contribution is 1.29. The SMILES string of the molecule is C/C=C\C1=C(C)C=CC1. The summed E-state index contributed by atoms with van der Waals surface area (Å²) in [6, 6.07) is 0. The van der Waals surface area contributed by atoms with Gasteiger partial charge in [0.2, 0.25) is 0 Å². The van der Waals surface area contributed by atoms with Crippen molar-refractivity contribution in [2.24, 2.45) is 0 Å². The minimum Gasteiger partial charge on any atom is -0.0874 e. The molecule has 0 saturated carbocycles. The number of rotatable bonds is 1. The lowest BCUT2D eigenvalue weighted by atomic mass is 10.1. The van der Waals surface area contributed by atoms with Crippen LogP contribution >= 0.6 is 0 Å². The maximum atomic E-state index is 2.20. The van der Waals surface area contributed by atoms with E-state index in [0.29, 0.717) is 0 Å². The van der Waals surface area contributed by atoms with Crippen molar-refractivity contribution in [3.63, 3.8) is 0 Å². The van der Waals surface area contributed by atoms with E-state index >= 15 is 0 Å². The molecule has 0 aromatic heterocycles. The quantitative estimate of drug-likeness (QED) is 0.499. The Kier molecular flexibility index (Phi) is 1.88. The first-order valence-corrected chi connectivity index (χ1v) is 3.33. The summed E-state index contributed by atoms with van der Waals surface area (Å²) < 4.78 is 0. The van der Waals surface area contributed by atoms with Gasteiger partial charge < -0.3 is 0 Å². The molecule has 0 heteroatoms. The molecule has 0 saturated heterocycles. The summed E-state index contributed by atoms with van der Waals surface area (Å²) in [6.07, 6.45) is 9.76. The summed E-state index contributed by atoms with van der Waals surface area (Å²) in [5.74, 6) is 0. The molecule has 0 nitrogen and oxygen atoms in total. The summed E-state index contributed by atoms with van der Waals surface area (Å²) in [4.78, 5) is 0. The largest absolute Gasteiger partial charge is 0.0874 e.